The Hall–Kier alpha value is -0.930. The van der Waals surface area contributed by atoms with E-state index < -0.39 is 5.97 Å². The van der Waals surface area contributed by atoms with Crippen LogP contribution in [0.4, 0.5) is 4.79 Å². The lowest BCUT2D eigenvalue weighted by Crippen LogP contribution is -2.39. The number of thioether (sulfide) groups is 2. The van der Waals surface area contributed by atoms with Crippen LogP contribution in [0.1, 0.15) is 15.5 Å². The molecule has 1 atom stereocenters. The van der Waals surface area contributed by atoms with Gasteiger partial charge in [-0.1, -0.05) is 0 Å². The number of hydrogen-bond acceptors (Lipinski definition) is 6. The quantitative estimate of drug-likeness (QED) is 0.756. The van der Waals surface area contributed by atoms with Crippen molar-refractivity contribution < 1.29 is 14.7 Å². The molecule has 0 radical (unpaired) electrons. The Bertz CT molecular complexity index is 474. The van der Waals surface area contributed by atoms with Gasteiger partial charge in [-0.3, -0.25) is 0 Å². The Kier molecular flexibility index (Phi) is 5.99. The lowest BCUT2D eigenvalue weighted by molar-refractivity contribution is 0.0691. The Balaban J connectivity index is 1.67. The smallest absolute Gasteiger partial charge is 0.355 e. The number of nitrogens with zero attached hydrogens (tertiary/aromatic N) is 1. The van der Waals surface area contributed by atoms with Gasteiger partial charge in [-0.2, -0.15) is 23.5 Å². The van der Waals surface area contributed by atoms with Crippen LogP contribution < -0.4 is 10.6 Å². The first kappa shape index (κ1) is 15.5. The van der Waals surface area contributed by atoms with Gasteiger partial charge in [0.15, 0.2) is 5.69 Å². The summed E-state index contributed by atoms with van der Waals surface area (Å²) in [6.45, 7) is 0.901. The molecular formula is C11H15N3O3S3. The van der Waals surface area contributed by atoms with Gasteiger partial charge in [0, 0.05) is 34.4 Å². The molecule has 2 heterocycles. The van der Waals surface area contributed by atoms with Crippen LogP contribution in [0.15, 0.2) is 5.38 Å². The number of urea groups is 1. The summed E-state index contributed by atoms with van der Waals surface area (Å²) in [5.41, 5.74) is 0.0165. The number of aromatic nitrogens is 1. The molecule has 0 aliphatic carbocycles. The van der Waals surface area contributed by atoms with E-state index in [1.807, 2.05) is 23.5 Å². The van der Waals surface area contributed by atoms with Crippen molar-refractivity contribution in [1.29, 1.82) is 0 Å². The van der Waals surface area contributed by atoms with Crippen molar-refractivity contribution in [2.75, 3.05) is 23.8 Å². The number of hydrogen-bond donors (Lipinski definition) is 3. The molecule has 0 bridgehead atoms. The van der Waals surface area contributed by atoms with Gasteiger partial charge >= 0.3 is 12.0 Å². The summed E-state index contributed by atoms with van der Waals surface area (Å²) < 4.78 is 0. The summed E-state index contributed by atoms with van der Waals surface area (Å²) in [6.07, 6.45) is 0. The van der Waals surface area contributed by atoms with Gasteiger partial charge in [-0.15, -0.1) is 11.3 Å². The minimum atomic E-state index is -1.05. The van der Waals surface area contributed by atoms with Crippen LogP contribution in [-0.4, -0.2) is 51.1 Å². The van der Waals surface area contributed by atoms with Crippen molar-refractivity contribution in [1.82, 2.24) is 15.6 Å². The van der Waals surface area contributed by atoms with E-state index in [0.717, 1.165) is 11.5 Å². The molecule has 1 fully saturated rings. The molecule has 2 amide bonds. The highest BCUT2D eigenvalue weighted by Crippen LogP contribution is 2.23. The van der Waals surface area contributed by atoms with Crippen LogP contribution in [0, 0.1) is 0 Å². The lowest BCUT2D eigenvalue weighted by atomic mass is 10.4. The van der Waals surface area contributed by atoms with E-state index in [1.165, 1.54) is 22.5 Å². The third-order valence-corrected chi connectivity index (χ3v) is 6.24. The number of carbonyl (C=O) groups excluding carboxylic acids is 1. The normalized spacial score (nSPS) is 18.5. The predicted molar refractivity (Wildman–Crippen MR) is 82.9 cm³/mol. The van der Waals surface area contributed by atoms with Gasteiger partial charge in [0.25, 0.3) is 0 Å². The first-order valence-electron chi connectivity index (χ1n) is 6.04. The third kappa shape index (κ3) is 4.88. The van der Waals surface area contributed by atoms with Crippen LogP contribution in [-0.2, 0) is 6.54 Å². The van der Waals surface area contributed by atoms with E-state index in [2.05, 4.69) is 15.6 Å². The fourth-order valence-electron chi connectivity index (χ4n) is 1.57. The Morgan fingerprint density at radius 3 is 2.90 bits per heavy atom. The van der Waals surface area contributed by atoms with Gasteiger partial charge in [-0.05, 0) is 0 Å². The van der Waals surface area contributed by atoms with Crippen LogP contribution >= 0.6 is 34.9 Å². The fraction of sp³-hybridized carbons (Fsp3) is 0.545. The van der Waals surface area contributed by atoms with Crippen molar-refractivity contribution in [2.45, 2.75) is 11.8 Å². The maximum absolute atomic E-state index is 11.6. The topological polar surface area (TPSA) is 91.3 Å². The van der Waals surface area contributed by atoms with Crippen molar-refractivity contribution >= 4 is 46.9 Å². The van der Waals surface area contributed by atoms with Crippen LogP contribution in [0.2, 0.25) is 0 Å². The standard InChI is InChI=1S/C11H15N3O3S3/c15-10(16)8-6-20-9(14-8)4-13-11(17)12-3-7-5-18-1-2-19-7/h6-7H,1-5H2,(H,15,16)(H2,12,13,17). The molecule has 1 aromatic heterocycles. The number of carbonyl (C=O) groups is 2. The van der Waals surface area contributed by atoms with E-state index in [0.29, 0.717) is 16.8 Å². The summed E-state index contributed by atoms with van der Waals surface area (Å²) in [7, 11) is 0. The van der Waals surface area contributed by atoms with E-state index in [1.54, 1.807) is 0 Å². The number of nitrogens with one attached hydrogen (secondary N) is 2. The minimum absolute atomic E-state index is 0.0165. The summed E-state index contributed by atoms with van der Waals surface area (Å²) in [6, 6.07) is -0.242. The number of thiazole rings is 1. The highest BCUT2D eigenvalue weighted by Gasteiger charge is 2.15. The van der Waals surface area contributed by atoms with Crippen molar-refractivity contribution in [3.63, 3.8) is 0 Å². The molecule has 1 unspecified atom stereocenters. The van der Waals surface area contributed by atoms with E-state index in [9.17, 15) is 9.59 Å². The number of amides is 2. The number of aromatic carboxylic acids is 1. The Labute approximate surface area is 129 Å². The SMILES string of the molecule is O=C(NCc1nc(C(=O)O)cs1)NCC1CSCCS1. The highest BCUT2D eigenvalue weighted by molar-refractivity contribution is 8.06. The van der Waals surface area contributed by atoms with Gasteiger partial charge in [0.05, 0.1) is 6.54 Å². The van der Waals surface area contributed by atoms with Gasteiger partial charge in [0.1, 0.15) is 5.01 Å². The van der Waals surface area contributed by atoms with E-state index in [4.69, 9.17) is 5.11 Å². The zero-order chi connectivity index (χ0) is 14.4. The molecule has 20 heavy (non-hydrogen) atoms. The van der Waals surface area contributed by atoms with Gasteiger partial charge in [0.2, 0.25) is 0 Å². The summed E-state index contributed by atoms with van der Waals surface area (Å²) in [4.78, 5) is 26.2. The van der Waals surface area contributed by atoms with Crippen molar-refractivity contribution in [2.24, 2.45) is 0 Å². The summed E-state index contributed by atoms with van der Waals surface area (Å²) in [5.74, 6) is 2.34. The molecule has 2 rings (SSSR count). The lowest BCUT2D eigenvalue weighted by Gasteiger charge is -2.21. The Morgan fingerprint density at radius 2 is 2.25 bits per heavy atom. The molecular weight excluding hydrogens is 318 g/mol. The molecule has 9 heteroatoms. The zero-order valence-electron chi connectivity index (χ0n) is 10.6. The van der Waals surface area contributed by atoms with Crippen molar-refractivity contribution in [3.05, 3.63) is 16.1 Å². The molecule has 1 saturated heterocycles. The molecule has 3 N–H and O–H groups in total. The largest absolute Gasteiger partial charge is 0.476 e. The minimum Gasteiger partial charge on any atom is -0.476 e. The van der Waals surface area contributed by atoms with Crippen LogP contribution in [0.3, 0.4) is 0 Å². The molecule has 1 aliphatic rings. The maximum atomic E-state index is 11.6. The maximum Gasteiger partial charge on any atom is 0.355 e. The fourth-order valence-corrected chi connectivity index (χ4v) is 4.89. The number of carboxylic acid groups (broad SMARTS) is 1. The second-order valence-corrected chi connectivity index (χ2v) is 7.56. The van der Waals surface area contributed by atoms with Crippen molar-refractivity contribution in [3.8, 4) is 0 Å². The van der Waals surface area contributed by atoms with Crippen LogP contribution in [0.25, 0.3) is 0 Å². The number of rotatable bonds is 5. The molecule has 6 nitrogen and oxygen atoms in total. The van der Waals surface area contributed by atoms with Gasteiger partial charge < -0.3 is 15.7 Å². The molecule has 0 saturated carbocycles. The zero-order valence-corrected chi connectivity index (χ0v) is 13.1. The van der Waals surface area contributed by atoms with Gasteiger partial charge in [-0.25, -0.2) is 14.6 Å². The van der Waals surface area contributed by atoms with Crippen LogP contribution in [0.5, 0.6) is 0 Å². The Morgan fingerprint density at radius 1 is 1.40 bits per heavy atom. The second kappa shape index (κ2) is 7.75. The molecule has 1 aliphatic heterocycles. The number of carboxylic acids is 1. The van der Waals surface area contributed by atoms with E-state index >= 15 is 0 Å². The first-order chi connectivity index (χ1) is 9.65. The molecule has 110 valence electrons. The molecule has 1 aromatic rings. The first-order valence-corrected chi connectivity index (χ1v) is 9.12. The summed E-state index contributed by atoms with van der Waals surface area (Å²) >= 11 is 5.03. The average molecular weight is 333 g/mol. The van der Waals surface area contributed by atoms with E-state index in [-0.39, 0.29) is 18.3 Å². The average Bonchev–Trinajstić information content (AvgIpc) is 2.93. The molecule has 0 aromatic carbocycles. The molecule has 0 spiro atoms. The monoisotopic (exact) mass is 333 g/mol. The third-order valence-electron chi connectivity index (χ3n) is 2.55. The highest BCUT2D eigenvalue weighted by atomic mass is 32.2. The summed E-state index contributed by atoms with van der Waals surface area (Å²) in [5, 5.41) is 16.8. The second-order valence-electron chi connectivity index (χ2n) is 4.06. The predicted octanol–water partition coefficient (Wildman–Crippen LogP) is 1.49.